The van der Waals surface area contributed by atoms with E-state index in [1.807, 2.05) is 6.07 Å². The van der Waals surface area contributed by atoms with Gasteiger partial charge in [0.05, 0.1) is 0 Å². The van der Waals surface area contributed by atoms with Crippen LogP contribution in [0.2, 0.25) is 0 Å². The number of nitrogens with one attached hydrogen (secondary N) is 3. The molecular formula is C28H30FN5O4. The van der Waals surface area contributed by atoms with Crippen LogP contribution >= 0.6 is 0 Å². The molecule has 2 atom stereocenters. The van der Waals surface area contributed by atoms with E-state index in [0.29, 0.717) is 43.0 Å². The third kappa shape index (κ3) is 4.08. The minimum Gasteiger partial charge on any atom is -0.341 e. The number of amides is 6. The average molecular weight is 520 g/mol. The number of fused-ring (bicyclic) bond motifs is 3. The summed E-state index contributed by atoms with van der Waals surface area (Å²) >= 11 is 0. The lowest BCUT2D eigenvalue weighted by molar-refractivity contribution is -0.141. The Morgan fingerprint density at radius 1 is 1.05 bits per heavy atom. The maximum absolute atomic E-state index is 13.9. The zero-order chi connectivity index (χ0) is 26.6. The van der Waals surface area contributed by atoms with Gasteiger partial charge in [-0.2, -0.15) is 0 Å². The average Bonchev–Trinajstić information content (AvgIpc) is 3.66. The van der Waals surface area contributed by atoms with Gasteiger partial charge < -0.3 is 20.9 Å². The zero-order valence-electron chi connectivity index (χ0n) is 21.2. The molecule has 1 saturated heterocycles. The van der Waals surface area contributed by atoms with E-state index in [1.54, 1.807) is 29.2 Å². The minimum atomic E-state index is -1.21. The quantitative estimate of drug-likeness (QED) is 0.540. The van der Waals surface area contributed by atoms with Crippen molar-refractivity contribution in [2.24, 2.45) is 5.92 Å². The Balaban J connectivity index is 1.23. The van der Waals surface area contributed by atoms with Crippen LogP contribution in [-0.4, -0.2) is 53.3 Å². The van der Waals surface area contributed by atoms with Crippen molar-refractivity contribution < 1.29 is 23.6 Å². The highest BCUT2D eigenvalue weighted by atomic mass is 19.1. The molecule has 0 aromatic heterocycles. The second kappa shape index (κ2) is 9.11. The number of nitrogens with zero attached hydrogens (tertiary/aromatic N) is 2. The molecule has 2 aliphatic carbocycles. The highest BCUT2D eigenvalue weighted by Crippen LogP contribution is 2.43. The Labute approximate surface area is 219 Å². The summed E-state index contributed by atoms with van der Waals surface area (Å²) < 4.78 is 13.9. The third-order valence-electron chi connectivity index (χ3n) is 8.39. The van der Waals surface area contributed by atoms with Crippen LogP contribution in [0.4, 0.5) is 19.7 Å². The van der Waals surface area contributed by atoms with E-state index < -0.39 is 17.5 Å². The lowest BCUT2D eigenvalue weighted by Crippen LogP contribution is -2.48. The molecule has 198 valence electrons. The predicted molar refractivity (Wildman–Crippen MR) is 137 cm³/mol. The van der Waals surface area contributed by atoms with E-state index in [0.717, 1.165) is 40.9 Å². The van der Waals surface area contributed by atoms with Crippen LogP contribution in [-0.2, 0) is 34.5 Å². The molecule has 1 spiro atoms. The number of carbonyl (C=O) groups excluding carboxylic acids is 4. The van der Waals surface area contributed by atoms with Crippen LogP contribution in [0.15, 0.2) is 36.4 Å². The zero-order valence-corrected chi connectivity index (χ0v) is 21.2. The predicted octanol–water partition coefficient (Wildman–Crippen LogP) is 3.02. The molecule has 2 aromatic carbocycles. The van der Waals surface area contributed by atoms with Crippen molar-refractivity contribution in [1.29, 1.82) is 0 Å². The Hall–Kier alpha value is -3.95. The number of halogens is 1. The number of aryl methyl sites for hydroxylation is 2. The van der Waals surface area contributed by atoms with Gasteiger partial charge in [-0.3, -0.25) is 14.5 Å². The topological polar surface area (TPSA) is 111 Å². The molecule has 3 N–H and O–H groups in total. The van der Waals surface area contributed by atoms with Crippen LogP contribution < -0.4 is 16.0 Å². The van der Waals surface area contributed by atoms with E-state index in [-0.39, 0.29) is 30.3 Å². The van der Waals surface area contributed by atoms with Gasteiger partial charge in [0, 0.05) is 25.3 Å². The third-order valence-corrected chi connectivity index (χ3v) is 8.39. The van der Waals surface area contributed by atoms with Gasteiger partial charge in [0.25, 0.3) is 5.91 Å². The van der Waals surface area contributed by atoms with Crippen LogP contribution in [0.5, 0.6) is 0 Å². The number of carbonyl (C=O) groups is 4. The summed E-state index contributed by atoms with van der Waals surface area (Å²) in [7, 11) is 1.53. The van der Waals surface area contributed by atoms with Crippen molar-refractivity contribution in [2.45, 2.75) is 56.7 Å². The lowest BCUT2D eigenvalue weighted by Gasteiger charge is -2.31. The Morgan fingerprint density at radius 2 is 1.87 bits per heavy atom. The molecule has 10 heteroatoms. The second-order valence-electron chi connectivity index (χ2n) is 10.7. The Morgan fingerprint density at radius 3 is 2.63 bits per heavy atom. The first-order valence-electron chi connectivity index (χ1n) is 13.1. The van der Waals surface area contributed by atoms with Crippen molar-refractivity contribution in [1.82, 2.24) is 20.4 Å². The maximum atomic E-state index is 13.9. The van der Waals surface area contributed by atoms with Gasteiger partial charge >= 0.3 is 12.1 Å². The van der Waals surface area contributed by atoms with Crippen molar-refractivity contribution >= 4 is 29.6 Å². The molecule has 6 rings (SSSR count). The fourth-order valence-electron chi connectivity index (χ4n) is 6.28. The summed E-state index contributed by atoms with van der Waals surface area (Å²) in [5.41, 5.74) is 2.75. The molecule has 38 heavy (non-hydrogen) atoms. The number of rotatable bonds is 4. The highest BCUT2D eigenvalue weighted by molar-refractivity contribution is 6.10. The summed E-state index contributed by atoms with van der Waals surface area (Å²) in [4.78, 5) is 55.0. The molecular weight excluding hydrogens is 489 g/mol. The summed E-state index contributed by atoms with van der Waals surface area (Å²) in [6.07, 6.45) is 4.44. The minimum absolute atomic E-state index is 0.00568. The molecule has 1 saturated carbocycles. The molecule has 6 amide bonds. The van der Waals surface area contributed by atoms with Crippen LogP contribution in [0.1, 0.15) is 47.9 Å². The number of benzene rings is 2. The van der Waals surface area contributed by atoms with Crippen molar-refractivity contribution in [3.05, 3.63) is 64.5 Å². The number of hydrogen-bond acceptors (Lipinski definition) is 4. The molecule has 0 bridgehead atoms. The fraction of sp³-hybridized carbons (Fsp3) is 0.429. The van der Waals surface area contributed by atoms with Crippen molar-refractivity contribution in [3.63, 3.8) is 0 Å². The highest BCUT2D eigenvalue weighted by Gasteiger charge is 2.56. The van der Waals surface area contributed by atoms with E-state index in [1.165, 1.54) is 13.1 Å². The smallest absolute Gasteiger partial charge is 0.325 e. The molecule has 0 radical (unpaired) electrons. The molecule has 2 aromatic rings. The first-order valence-corrected chi connectivity index (χ1v) is 13.1. The van der Waals surface area contributed by atoms with Gasteiger partial charge in [-0.15, -0.1) is 0 Å². The molecule has 0 unspecified atom stereocenters. The molecule has 2 aliphatic heterocycles. The van der Waals surface area contributed by atoms with E-state index in [2.05, 4.69) is 16.0 Å². The summed E-state index contributed by atoms with van der Waals surface area (Å²) in [6, 6.07) is 9.02. The first kappa shape index (κ1) is 24.4. The van der Waals surface area contributed by atoms with Gasteiger partial charge in [-0.05, 0) is 91.0 Å². The number of urea groups is 2. The second-order valence-corrected chi connectivity index (χ2v) is 10.7. The Bertz CT molecular complexity index is 1360. The number of anilines is 1. The summed E-state index contributed by atoms with van der Waals surface area (Å²) in [5, 5.41) is 8.09. The van der Waals surface area contributed by atoms with E-state index in [4.69, 9.17) is 0 Å². The largest absolute Gasteiger partial charge is 0.341 e. The van der Waals surface area contributed by atoms with Crippen LogP contribution in [0.25, 0.3) is 0 Å². The van der Waals surface area contributed by atoms with E-state index >= 15 is 0 Å². The first-order chi connectivity index (χ1) is 18.3. The lowest BCUT2D eigenvalue weighted by atomic mass is 9.91. The monoisotopic (exact) mass is 519 g/mol. The summed E-state index contributed by atoms with van der Waals surface area (Å²) in [6.45, 7) is 0.00611. The number of hydrogen-bond donors (Lipinski definition) is 3. The van der Waals surface area contributed by atoms with Crippen molar-refractivity contribution in [2.75, 3.05) is 18.9 Å². The van der Waals surface area contributed by atoms with Gasteiger partial charge in [-0.25, -0.2) is 14.0 Å². The normalized spacial score (nSPS) is 24.1. The van der Waals surface area contributed by atoms with Crippen LogP contribution in [0.3, 0.4) is 0 Å². The fourth-order valence-corrected chi connectivity index (χ4v) is 6.28. The van der Waals surface area contributed by atoms with Gasteiger partial charge in [-0.1, -0.05) is 12.1 Å². The standard InChI is InChI=1S/C28H30FN5O4/c1-30-26(37)31-21-7-8-22-18(13-21)10-11-28(22)25(36)34(27(38)32-28)15-24(35)33-14-19-4-6-20(29)12-17(19)5-9-23(33)16-2-3-16/h4,6-8,12-13,16,23H,2-3,5,9-11,14-15H2,1H3,(H,32,38)(H2,30,31,37)/t23-,28+/m1/s1. The van der Waals surface area contributed by atoms with Crippen LogP contribution in [0, 0.1) is 11.7 Å². The number of imide groups is 1. The van der Waals surface area contributed by atoms with Gasteiger partial charge in [0.1, 0.15) is 17.9 Å². The molecule has 2 heterocycles. The molecule has 2 fully saturated rings. The molecule has 4 aliphatic rings. The van der Waals surface area contributed by atoms with Crippen molar-refractivity contribution in [3.8, 4) is 0 Å². The Kier molecular flexibility index (Phi) is 5.85. The SMILES string of the molecule is CNC(=O)Nc1ccc2c(c1)CC[C@]21NC(=O)N(CC(=O)N2Cc3ccc(F)cc3CC[C@@H]2C2CC2)C1=O. The van der Waals surface area contributed by atoms with E-state index in [9.17, 15) is 23.6 Å². The molecule has 9 nitrogen and oxygen atoms in total. The summed E-state index contributed by atoms with van der Waals surface area (Å²) in [5.74, 6) is -0.596. The van der Waals surface area contributed by atoms with Gasteiger partial charge in [0.2, 0.25) is 5.91 Å². The maximum Gasteiger partial charge on any atom is 0.325 e. The van der Waals surface area contributed by atoms with Gasteiger partial charge in [0.15, 0.2) is 0 Å².